The molecule has 0 aromatic heterocycles. The van der Waals surface area contributed by atoms with Gasteiger partial charge in [-0.15, -0.1) is 0 Å². The number of aliphatic hydroxyl groups excluding tert-OH is 1. The molecule has 82 valence electrons. The van der Waals surface area contributed by atoms with Crippen molar-refractivity contribution in [2.75, 3.05) is 0 Å². The summed E-state index contributed by atoms with van der Waals surface area (Å²) in [6.07, 6.45) is 0. The Balaban J connectivity index is 2.56. The van der Waals surface area contributed by atoms with E-state index in [0.717, 1.165) is 11.1 Å². The van der Waals surface area contributed by atoms with E-state index in [2.05, 4.69) is 44.2 Å². The lowest BCUT2D eigenvalue weighted by atomic mass is 9.96. The van der Waals surface area contributed by atoms with E-state index in [0.29, 0.717) is 0 Å². The van der Waals surface area contributed by atoms with Crippen LogP contribution in [0.4, 0.5) is 0 Å². The Morgan fingerprint density at radius 2 is 1.75 bits per heavy atom. The molecule has 0 unspecified atom stereocenters. The summed E-state index contributed by atoms with van der Waals surface area (Å²) in [6.45, 7) is 4.25. The average molecular weight is 212 g/mol. The molecule has 0 aliphatic heterocycles. The summed E-state index contributed by atoms with van der Waals surface area (Å²) in [5.41, 5.74) is 5.84. The third-order valence-corrected chi connectivity index (χ3v) is 2.95. The van der Waals surface area contributed by atoms with Crippen LogP contribution in [-0.2, 0) is 6.61 Å². The minimum Gasteiger partial charge on any atom is -0.392 e. The highest BCUT2D eigenvalue weighted by Gasteiger charge is 2.05. The van der Waals surface area contributed by atoms with Crippen molar-refractivity contribution in [3.63, 3.8) is 0 Å². The third-order valence-electron chi connectivity index (χ3n) is 2.95. The van der Waals surface area contributed by atoms with Crippen LogP contribution in [0.2, 0.25) is 0 Å². The van der Waals surface area contributed by atoms with Gasteiger partial charge in [-0.2, -0.15) is 0 Å². The lowest BCUT2D eigenvalue weighted by Crippen LogP contribution is -1.91. The molecule has 0 fully saturated rings. The van der Waals surface area contributed by atoms with E-state index in [1.807, 2.05) is 12.1 Å². The predicted molar refractivity (Wildman–Crippen MR) is 67.3 cm³/mol. The largest absolute Gasteiger partial charge is 0.392 e. The van der Waals surface area contributed by atoms with Gasteiger partial charge in [0.25, 0.3) is 0 Å². The molecule has 0 saturated heterocycles. The van der Waals surface area contributed by atoms with Crippen molar-refractivity contribution in [1.29, 1.82) is 0 Å². The molecular formula is C15H16O. The fourth-order valence-electron chi connectivity index (χ4n) is 1.98. The first kappa shape index (κ1) is 10.9. The molecule has 0 atom stereocenters. The molecule has 1 N–H and O–H groups in total. The van der Waals surface area contributed by atoms with Gasteiger partial charge in [-0.3, -0.25) is 0 Å². The molecule has 0 saturated carbocycles. The molecule has 0 aliphatic carbocycles. The van der Waals surface area contributed by atoms with E-state index in [9.17, 15) is 5.11 Å². The topological polar surface area (TPSA) is 20.2 Å². The van der Waals surface area contributed by atoms with Gasteiger partial charge in [0.15, 0.2) is 0 Å². The van der Waals surface area contributed by atoms with Crippen LogP contribution >= 0.6 is 0 Å². The Hall–Kier alpha value is -1.60. The first-order valence-electron chi connectivity index (χ1n) is 5.49. The van der Waals surface area contributed by atoms with Gasteiger partial charge in [-0.1, -0.05) is 48.0 Å². The maximum atomic E-state index is 9.24. The van der Waals surface area contributed by atoms with Gasteiger partial charge in [0, 0.05) is 0 Å². The number of hydrogen-bond acceptors (Lipinski definition) is 1. The van der Waals surface area contributed by atoms with Gasteiger partial charge in [-0.25, -0.2) is 0 Å². The Bertz CT molecular complexity index is 501. The maximum Gasteiger partial charge on any atom is 0.0684 e. The zero-order valence-corrected chi connectivity index (χ0v) is 9.70. The number of aryl methyl sites for hydroxylation is 1. The Labute approximate surface area is 96.4 Å². The summed E-state index contributed by atoms with van der Waals surface area (Å²) in [7, 11) is 0. The van der Waals surface area contributed by atoms with Crippen LogP contribution in [0.15, 0.2) is 42.5 Å². The minimum atomic E-state index is 0.103. The minimum absolute atomic E-state index is 0.103. The quantitative estimate of drug-likeness (QED) is 0.808. The standard InChI is InChI=1S/C15H16O/c1-11-5-3-6-13(9-11)15-8-4-7-14(10-16)12(15)2/h3-9,16H,10H2,1-2H3. The maximum absolute atomic E-state index is 9.24. The first-order valence-corrected chi connectivity index (χ1v) is 5.49. The number of benzene rings is 2. The van der Waals surface area contributed by atoms with Gasteiger partial charge in [-0.05, 0) is 36.1 Å². The zero-order chi connectivity index (χ0) is 11.5. The third kappa shape index (κ3) is 2.00. The van der Waals surface area contributed by atoms with E-state index in [-0.39, 0.29) is 6.61 Å². The Morgan fingerprint density at radius 3 is 2.44 bits per heavy atom. The van der Waals surface area contributed by atoms with Crippen LogP contribution < -0.4 is 0 Å². The van der Waals surface area contributed by atoms with E-state index in [1.165, 1.54) is 16.7 Å². The van der Waals surface area contributed by atoms with Gasteiger partial charge < -0.3 is 5.11 Å². The van der Waals surface area contributed by atoms with Gasteiger partial charge in [0.2, 0.25) is 0 Å². The van der Waals surface area contributed by atoms with Crippen LogP contribution in [0.25, 0.3) is 11.1 Å². The van der Waals surface area contributed by atoms with Crippen molar-refractivity contribution >= 4 is 0 Å². The van der Waals surface area contributed by atoms with Crippen LogP contribution in [0, 0.1) is 13.8 Å². The summed E-state index contributed by atoms with van der Waals surface area (Å²) in [6, 6.07) is 14.5. The van der Waals surface area contributed by atoms with Crippen molar-refractivity contribution in [2.24, 2.45) is 0 Å². The summed E-state index contributed by atoms with van der Waals surface area (Å²) >= 11 is 0. The fraction of sp³-hybridized carbons (Fsp3) is 0.200. The summed E-state index contributed by atoms with van der Waals surface area (Å²) < 4.78 is 0. The van der Waals surface area contributed by atoms with Gasteiger partial charge in [0.1, 0.15) is 0 Å². The van der Waals surface area contributed by atoms with Crippen molar-refractivity contribution in [3.8, 4) is 11.1 Å². The Kier molecular flexibility index (Phi) is 3.07. The second-order valence-electron chi connectivity index (χ2n) is 4.12. The fourth-order valence-corrected chi connectivity index (χ4v) is 1.98. The van der Waals surface area contributed by atoms with Crippen LogP contribution in [0.5, 0.6) is 0 Å². The highest BCUT2D eigenvalue weighted by atomic mass is 16.3. The summed E-state index contributed by atoms with van der Waals surface area (Å²) in [4.78, 5) is 0. The molecule has 2 aromatic rings. The molecule has 1 heteroatoms. The first-order chi connectivity index (χ1) is 7.72. The SMILES string of the molecule is Cc1cccc(-c2cccc(CO)c2C)c1. The normalized spacial score (nSPS) is 10.4. The molecule has 2 rings (SSSR count). The van der Waals surface area contributed by atoms with Crippen molar-refractivity contribution in [1.82, 2.24) is 0 Å². The molecule has 0 bridgehead atoms. The molecule has 0 radical (unpaired) electrons. The molecule has 2 aromatic carbocycles. The number of rotatable bonds is 2. The summed E-state index contributed by atoms with van der Waals surface area (Å²) in [5.74, 6) is 0. The average Bonchev–Trinajstić information content (AvgIpc) is 2.29. The predicted octanol–water partition coefficient (Wildman–Crippen LogP) is 3.46. The van der Waals surface area contributed by atoms with E-state index in [1.54, 1.807) is 0 Å². The number of hydrogen-bond donors (Lipinski definition) is 1. The molecule has 0 heterocycles. The lowest BCUT2D eigenvalue weighted by Gasteiger charge is -2.10. The molecule has 1 nitrogen and oxygen atoms in total. The highest BCUT2D eigenvalue weighted by molar-refractivity contribution is 5.68. The van der Waals surface area contributed by atoms with Crippen LogP contribution in [0.3, 0.4) is 0 Å². The highest BCUT2D eigenvalue weighted by Crippen LogP contribution is 2.26. The summed E-state index contributed by atoms with van der Waals surface area (Å²) in [5, 5.41) is 9.24. The van der Waals surface area contributed by atoms with Crippen molar-refractivity contribution < 1.29 is 5.11 Å². The monoisotopic (exact) mass is 212 g/mol. The smallest absolute Gasteiger partial charge is 0.0684 e. The van der Waals surface area contributed by atoms with Crippen molar-refractivity contribution in [2.45, 2.75) is 20.5 Å². The van der Waals surface area contributed by atoms with Gasteiger partial charge >= 0.3 is 0 Å². The Morgan fingerprint density at radius 1 is 1.00 bits per heavy atom. The molecular weight excluding hydrogens is 196 g/mol. The molecule has 0 amide bonds. The number of aliphatic hydroxyl groups is 1. The second-order valence-corrected chi connectivity index (χ2v) is 4.12. The van der Waals surface area contributed by atoms with Crippen LogP contribution in [-0.4, -0.2) is 5.11 Å². The zero-order valence-electron chi connectivity index (χ0n) is 9.70. The lowest BCUT2D eigenvalue weighted by molar-refractivity contribution is 0.281. The van der Waals surface area contributed by atoms with Crippen LogP contribution in [0.1, 0.15) is 16.7 Å². The molecule has 0 aliphatic rings. The van der Waals surface area contributed by atoms with Crippen molar-refractivity contribution in [3.05, 3.63) is 59.2 Å². The van der Waals surface area contributed by atoms with E-state index < -0.39 is 0 Å². The molecule has 16 heavy (non-hydrogen) atoms. The van der Waals surface area contributed by atoms with E-state index >= 15 is 0 Å². The molecule has 0 spiro atoms. The van der Waals surface area contributed by atoms with E-state index in [4.69, 9.17) is 0 Å². The van der Waals surface area contributed by atoms with Gasteiger partial charge in [0.05, 0.1) is 6.61 Å². The second kappa shape index (κ2) is 4.50.